The molecule has 168 valence electrons. The molecule has 1 aromatic carbocycles. The number of carbonyl (C=O) groups excluding carboxylic acids is 1. The van der Waals surface area contributed by atoms with Crippen LogP contribution in [0.2, 0.25) is 0 Å². The Bertz CT molecular complexity index is 1260. The summed E-state index contributed by atoms with van der Waals surface area (Å²) in [4.78, 5) is 18.8. The van der Waals surface area contributed by atoms with Gasteiger partial charge in [0.15, 0.2) is 5.76 Å². The summed E-state index contributed by atoms with van der Waals surface area (Å²) >= 11 is 1.69. The van der Waals surface area contributed by atoms with Crippen LogP contribution in [0.1, 0.15) is 62.1 Å². The smallest absolute Gasteiger partial charge is 0.291 e. The molecule has 33 heavy (non-hydrogen) atoms. The maximum Gasteiger partial charge on any atom is 0.291 e. The van der Waals surface area contributed by atoms with Crippen molar-refractivity contribution in [2.45, 2.75) is 45.6 Å². The van der Waals surface area contributed by atoms with Crippen LogP contribution < -0.4 is 10.6 Å². The fourth-order valence-corrected chi connectivity index (χ4v) is 5.73. The number of carbonyl (C=O) groups is 1. The van der Waals surface area contributed by atoms with Crippen molar-refractivity contribution in [3.05, 3.63) is 99.4 Å². The van der Waals surface area contributed by atoms with Crippen molar-refractivity contribution in [1.82, 2.24) is 4.98 Å². The zero-order chi connectivity index (χ0) is 22.8. The number of thiophene rings is 1. The Hall–Kier alpha value is -3.38. The third kappa shape index (κ3) is 4.57. The van der Waals surface area contributed by atoms with Crippen molar-refractivity contribution in [1.29, 1.82) is 0 Å². The number of furan rings is 1. The van der Waals surface area contributed by atoms with Crippen LogP contribution in [0.25, 0.3) is 0 Å². The summed E-state index contributed by atoms with van der Waals surface area (Å²) in [5.41, 5.74) is 6.00. The Morgan fingerprint density at radius 2 is 1.88 bits per heavy atom. The standard InChI is InChI=1S/C27H27N3O2S/c1-17-9-11-19(12-10-17)25(29-23-16-18(2)13-14-28-23)24-20-6-3-4-8-22(20)33-27(24)30-26(31)21-7-5-15-32-21/h5,7,9-16,25H,3-4,6,8H2,1-2H3,(H,28,29)(H,30,31)/t25-/m1/s1. The molecule has 0 spiro atoms. The maximum atomic E-state index is 12.9. The molecular formula is C27H27N3O2S. The van der Waals surface area contributed by atoms with E-state index >= 15 is 0 Å². The van der Waals surface area contributed by atoms with Crippen molar-refractivity contribution in [2.24, 2.45) is 0 Å². The van der Waals surface area contributed by atoms with Crippen molar-refractivity contribution >= 4 is 28.1 Å². The van der Waals surface area contributed by atoms with Gasteiger partial charge in [-0.05, 0) is 80.5 Å². The summed E-state index contributed by atoms with van der Waals surface area (Å²) < 4.78 is 5.34. The normalized spacial score (nSPS) is 13.9. The molecule has 0 saturated heterocycles. The molecule has 5 nitrogen and oxygen atoms in total. The summed E-state index contributed by atoms with van der Waals surface area (Å²) in [5, 5.41) is 7.72. The summed E-state index contributed by atoms with van der Waals surface area (Å²) in [6.07, 6.45) is 7.75. The molecule has 3 heterocycles. The monoisotopic (exact) mass is 457 g/mol. The molecule has 1 aliphatic carbocycles. The molecule has 1 aliphatic rings. The van der Waals surface area contributed by atoms with Gasteiger partial charge in [0.1, 0.15) is 10.8 Å². The highest BCUT2D eigenvalue weighted by atomic mass is 32.1. The predicted octanol–water partition coefficient (Wildman–Crippen LogP) is 6.69. The molecule has 1 amide bonds. The number of nitrogens with zero attached hydrogens (tertiary/aromatic N) is 1. The number of aryl methyl sites for hydroxylation is 3. The Morgan fingerprint density at radius 1 is 1.06 bits per heavy atom. The number of hydrogen-bond donors (Lipinski definition) is 2. The number of benzene rings is 1. The van der Waals surface area contributed by atoms with Crippen molar-refractivity contribution in [2.75, 3.05) is 10.6 Å². The Balaban J connectivity index is 1.61. The first-order valence-corrected chi connectivity index (χ1v) is 12.1. The molecule has 0 radical (unpaired) electrons. The van der Waals surface area contributed by atoms with E-state index in [1.165, 1.54) is 28.7 Å². The van der Waals surface area contributed by atoms with Crippen molar-refractivity contribution < 1.29 is 9.21 Å². The second kappa shape index (κ2) is 9.24. The number of hydrogen-bond acceptors (Lipinski definition) is 5. The minimum atomic E-state index is -0.226. The number of fused-ring (bicyclic) bond motifs is 1. The second-order valence-electron chi connectivity index (χ2n) is 8.59. The van der Waals surface area contributed by atoms with Gasteiger partial charge in [0.05, 0.1) is 12.3 Å². The van der Waals surface area contributed by atoms with Gasteiger partial charge in [0, 0.05) is 16.6 Å². The lowest BCUT2D eigenvalue weighted by Crippen LogP contribution is -2.19. The Morgan fingerprint density at radius 3 is 2.64 bits per heavy atom. The van der Waals surface area contributed by atoms with Crippen LogP contribution in [-0.4, -0.2) is 10.9 Å². The third-order valence-electron chi connectivity index (χ3n) is 6.09. The van der Waals surface area contributed by atoms with Gasteiger partial charge in [-0.25, -0.2) is 4.98 Å². The first kappa shape index (κ1) is 21.5. The van der Waals surface area contributed by atoms with E-state index in [1.807, 2.05) is 12.3 Å². The molecule has 3 aromatic heterocycles. The van der Waals surface area contributed by atoms with Crippen molar-refractivity contribution in [3.63, 3.8) is 0 Å². The van der Waals surface area contributed by atoms with Crippen LogP contribution in [0.15, 0.2) is 65.4 Å². The van der Waals surface area contributed by atoms with Crippen LogP contribution in [0.4, 0.5) is 10.8 Å². The van der Waals surface area contributed by atoms with E-state index in [9.17, 15) is 4.79 Å². The van der Waals surface area contributed by atoms with Gasteiger partial charge >= 0.3 is 0 Å². The number of nitrogens with one attached hydrogen (secondary N) is 2. The van der Waals surface area contributed by atoms with Crippen molar-refractivity contribution in [3.8, 4) is 0 Å². The summed E-state index contributed by atoms with van der Waals surface area (Å²) in [6, 6.07) is 15.9. The molecule has 6 heteroatoms. The zero-order valence-corrected chi connectivity index (χ0v) is 19.7. The van der Waals surface area contributed by atoms with Gasteiger partial charge in [-0.3, -0.25) is 4.79 Å². The van der Waals surface area contributed by atoms with Crippen LogP contribution in [0, 0.1) is 13.8 Å². The molecule has 0 aliphatic heterocycles. The molecular weight excluding hydrogens is 430 g/mol. The first-order valence-electron chi connectivity index (χ1n) is 11.3. The minimum absolute atomic E-state index is 0.134. The number of amides is 1. The number of pyridine rings is 1. The van der Waals surface area contributed by atoms with Crippen LogP contribution in [0.3, 0.4) is 0 Å². The lowest BCUT2D eigenvalue weighted by atomic mass is 9.89. The average Bonchev–Trinajstić information content (AvgIpc) is 3.47. The highest BCUT2D eigenvalue weighted by Crippen LogP contribution is 2.44. The average molecular weight is 458 g/mol. The summed E-state index contributed by atoms with van der Waals surface area (Å²) in [7, 11) is 0. The van der Waals surface area contributed by atoms with E-state index in [0.29, 0.717) is 5.76 Å². The van der Waals surface area contributed by atoms with E-state index in [4.69, 9.17) is 4.42 Å². The summed E-state index contributed by atoms with van der Waals surface area (Å²) in [5.74, 6) is 0.906. The SMILES string of the molecule is Cc1ccc([C@@H](Nc2cc(C)ccn2)c2c(NC(=O)c3ccco3)sc3c2CCCC3)cc1. The topological polar surface area (TPSA) is 67.2 Å². The van der Waals surface area contributed by atoms with E-state index in [-0.39, 0.29) is 11.9 Å². The van der Waals surface area contributed by atoms with Gasteiger partial charge in [0.25, 0.3) is 5.91 Å². The third-order valence-corrected chi connectivity index (χ3v) is 7.31. The number of anilines is 2. The second-order valence-corrected chi connectivity index (χ2v) is 9.70. The van der Waals surface area contributed by atoms with Gasteiger partial charge in [-0.1, -0.05) is 29.8 Å². The minimum Gasteiger partial charge on any atom is -0.459 e. The van der Waals surface area contributed by atoms with Gasteiger partial charge in [-0.2, -0.15) is 0 Å². The fraction of sp³-hybridized carbons (Fsp3) is 0.259. The largest absolute Gasteiger partial charge is 0.459 e. The molecule has 1 atom stereocenters. The summed E-state index contributed by atoms with van der Waals surface area (Å²) in [6.45, 7) is 4.16. The lowest BCUT2D eigenvalue weighted by Gasteiger charge is -2.24. The number of aromatic nitrogens is 1. The lowest BCUT2D eigenvalue weighted by molar-refractivity contribution is 0.0997. The van der Waals surface area contributed by atoms with E-state index < -0.39 is 0 Å². The molecule has 0 saturated carbocycles. The van der Waals surface area contributed by atoms with E-state index in [2.05, 4.69) is 59.8 Å². The first-order chi connectivity index (χ1) is 16.1. The van der Waals surface area contributed by atoms with E-state index in [1.54, 1.807) is 23.5 Å². The molecule has 0 fully saturated rings. The van der Waals surface area contributed by atoms with Crippen LogP contribution in [-0.2, 0) is 12.8 Å². The highest BCUT2D eigenvalue weighted by Gasteiger charge is 2.29. The molecule has 0 bridgehead atoms. The maximum absolute atomic E-state index is 12.9. The van der Waals surface area contributed by atoms with E-state index in [0.717, 1.165) is 46.8 Å². The molecule has 0 unspecified atom stereocenters. The van der Waals surface area contributed by atoms with Gasteiger partial charge < -0.3 is 15.1 Å². The van der Waals surface area contributed by atoms with Crippen LogP contribution in [0.5, 0.6) is 0 Å². The Kier molecular flexibility index (Phi) is 6.01. The molecule has 2 N–H and O–H groups in total. The zero-order valence-electron chi connectivity index (χ0n) is 18.9. The van der Waals surface area contributed by atoms with Crippen LogP contribution >= 0.6 is 11.3 Å². The molecule has 4 aromatic rings. The fourth-order valence-electron chi connectivity index (χ4n) is 4.41. The Labute approximate surface area is 197 Å². The number of rotatable bonds is 6. The molecule has 5 rings (SSSR count). The van der Waals surface area contributed by atoms with Gasteiger partial charge in [0.2, 0.25) is 0 Å². The van der Waals surface area contributed by atoms with Gasteiger partial charge in [-0.15, -0.1) is 11.3 Å². The quantitative estimate of drug-likeness (QED) is 0.339. The predicted molar refractivity (Wildman–Crippen MR) is 133 cm³/mol. The highest BCUT2D eigenvalue weighted by molar-refractivity contribution is 7.16.